The normalized spacial score (nSPS) is 10.9. The molecule has 8 aromatic rings. The number of fused-ring (bicyclic) bond motifs is 4. The molecule has 2 nitrogen and oxygen atoms in total. The van der Waals surface area contributed by atoms with E-state index in [1.54, 1.807) is 22.7 Å². The Hall–Kier alpha value is -3.77. The van der Waals surface area contributed by atoms with E-state index in [1.807, 2.05) is 36.4 Å². The summed E-state index contributed by atoms with van der Waals surface area (Å²) in [5, 5.41) is 6.94. The van der Waals surface area contributed by atoms with Crippen LogP contribution in [-0.4, -0.2) is 10.1 Å². The van der Waals surface area contributed by atoms with E-state index >= 15 is 0 Å². The van der Waals surface area contributed by atoms with Crippen molar-refractivity contribution in [3.63, 3.8) is 0 Å². The molecule has 2 heterocycles. The van der Waals surface area contributed by atoms with E-state index in [2.05, 4.69) is 94.9 Å². The minimum absolute atomic E-state index is 0. The smallest absolute Gasteiger partial charge is 0.778 e. The first-order valence-electron chi connectivity index (χ1n) is 12.9. The molecule has 6 aromatic carbocycles. The van der Waals surface area contributed by atoms with Crippen molar-refractivity contribution in [2.75, 3.05) is 0 Å². The summed E-state index contributed by atoms with van der Waals surface area (Å²) >= 11 is 14.8. The summed E-state index contributed by atoms with van der Waals surface area (Å²) in [7, 11) is 0. The van der Waals surface area contributed by atoms with Crippen molar-refractivity contribution in [2.45, 2.75) is 9.79 Å². The minimum Gasteiger partial charge on any atom is -0.778 e. The van der Waals surface area contributed by atoms with Crippen LogP contribution in [0.25, 0.3) is 63.1 Å². The second kappa shape index (κ2) is 11.6. The molecule has 0 bridgehead atoms. The number of aromatic nitrogens is 2. The van der Waals surface area contributed by atoms with Crippen LogP contribution in [0.1, 0.15) is 0 Å². The minimum atomic E-state index is 0. The second-order valence-corrected chi connectivity index (χ2v) is 12.4. The van der Waals surface area contributed by atoms with Crippen LogP contribution in [0.4, 0.5) is 0 Å². The first-order valence-corrected chi connectivity index (χ1v) is 15.3. The Labute approximate surface area is 260 Å². The Balaban J connectivity index is 0.000000144. The maximum atomic E-state index is 5.67. The van der Waals surface area contributed by atoms with Gasteiger partial charge in [-0.05, 0) is 45.8 Å². The topological polar surface area (TPSA) is 28.3 Å². The molecule has 0 amide bonds. The molecule has 0 fully saturated rings. The Morgan fingerprint density at radius 1 is 0.439 bits per heavy atom. The summed E-state index contributed by atoms with van der Waals surface area (Å²) in [6.45, 7) is 0. The van der Waals surface area contributed by atoms with Gasteiger partial charge in [-0.3, -0.25) is 0 Å². The fourth-order valence-corrected chi connectivity index (χ4v) is 7.84. The average molecular weight is 596 g/mol. The van der Waals surface area contributed by atoms with Crippen molar-refractivity contribution < 1.29 is 9.97 Å². The van der Waals surface area contributed by atoms with Crippen LogP contribution < -0.4 is 9.97 Å². The molecule has 2 N–H and O–H groups in total. The monoisotopic (exact) mass is 595 g/mol. The van der Waals surface area contributed by atoms with Crippen molar-refractivity contribution in [3.05, 3.63) is 121 Å². The van der Waals surface area contributed by atoms with E-state index in [0.717, 1.165) is 52.7 Å². The molecule has 2 aromatic heterocycles. The van der Waals surface area contributed by atoms with Crippen LogP contribution in [0.2, 0.25) is 0 Å². The van der Waals surface area contributed by atoms with Gasteiger partial charge in [0.2, 0.25) is 11.0 Å². The molecule has 0 radical (unpaired) electrons. The number of aromatic amines is 2. The van der Waals surface area contributed by atoms with Gasteiger partial charge in [0.1, 0.15) is 9.40 Å². The Kier molecular flexibility index (Phi) is 7.76. The third kappa shape index (κ3) is 5.21. The SMILES string of the molecule is [Be+2].[S-]c1c(-c2[nH+]c3ccccc3s2)ccc2ccccc12.[S-]c1c(-c2[nH+]c3ccccc3s2)ccc2ccccc12. The Bertz CT molecular complexity index is 1950. The van der Waals surface area contributed by atoms with Crippen LogP contribution >= 0.6 is 22.7 Å². The van der Waals surface area contributed by atoms with Crippen LogP contribution in [0.15, 0.2) is 131 Å². The second-order valence-electron chi connectivity index (χ2n) is 9.43. The molecule has 0 spiro atoms. The zero-order chi connectivity index (χ0) is 27.1. The molecule has 0 atom stereocenters. The molecule has 41 heavy (non-hydrogen) atoms. The van der Waals surface area contributed by atoms with Crippen LogP contribution in [0, 0.1) is 0 Å². The molecule has 0 saturated heterocycles. The summed E-state index contributed by atoms with van der Waals surface area (Å²) in [5.74, 6) is 0. The molecule has 192 valence electrons. The van der Waals surface area contributed by atoms with Gasteiger partial charge in [-0.1, -0.05) is 108 Å². The van der Waals surface area contributed by atoms with Gasteiger partial charge in [0.15, 0.2) is 0 Å². The zero-order valence-electron chi connectivity index (χ0n) is 21.9. The Morgan fingerprint density at radius 3 is 1.27 bits per heavy atom. The number of rotatable bonds is 2. The molecule has 8 rings (SSSR count). The molecule has 0 aliphatic carbocycles. The molecular formula is C34H22BeN2S4+2. The maximum Gasteiger partial charge on any atom is 2.00 e. The van der Waals surface area contributed by atoms with E-state index in [9.17, 15) is 0 Å². The molecule has 0 unspecified atom stereocenters. The van der Waals surface area contributed by atoms with Crippen LogP contribution in [-0.2, 0) is 25.3 Å². The van der Waals surface area contributed by atoms with Crippen molar-refractivity contribution in [1.82, 2.24) is 0 Å². The predicted octanol–water partition coefficient (Wildman–Crippen LogP) is 8.50. The number of H-pyrrole nitrogens is 2. The van der Waals surface area contributed by atoms with E-state index < -0.39 is 0 Å². The first-order chi connectivity index (χ1) is 19.7. The van der Waals surface area contributed by atoms with Gasteiger partial charge in [0.25, 0.3) is 10.0 Å². The number of hydrogen-bond acceptors (Lipinski definition) is 4. The van der Waals surface area contributed by atoms with Crippen LogP contribution in [0.5, 0.6) is 0 Å². The van der Waals surface area contributed by atoms with Crippen molar-refractivity contribution in [1.29, 1.82) is 0 Å². The molecule has 0 aliphatic heterocycles. The fraction of sp³-hybridized carbons (Fsp3) is 0. The van der Waals surface area contributed by atoms with Crippen LogP contribution in [0.3, 0.4) is 0 Å². The molecule has 0 saturated carbocycles. The maximum absolute atomic E-state index is 5.67. The zero-order valence-corrected chi connectivity index (χ0v) is 25.2. The summed E-state index contributed by atoms with van der Waals surface area (Å²) < 4.78 is 2.51. The number of nitrogens with one attached hydrogen (secondary N) is 2. The van der Waals surface area contributed by atoms with Crippen molar-refractivity contribution in [2.24, 2.45) is 0 Å². The quantitative estimate of drug-likeness (QED) is 0.148. The number of benzene rings is 6. The van der Waals surface area contributed by atoms with Gasteiger partial charge >= 0.3 is 10.1 Å². The van der Waals surface area contributed by atoms with Crippen molar-refractivity contribution >= 4 is 100 Å². The standard InChI is InChI=1S/2C17H11NS2.Be/c2*19-16-12-6-2-1-5-11(12)9-10-13(16)17-18-14-7-3-4-8-15(14)20-17;/h2*1-10,19H;/q;;+2. The number of thiazole rings is 2. The number of hydrogen-bond donors (Lipinski definition) is 0. The summed E-state index contributed by atoms with van der Waals surface area (Å²) in [4.78, 5) is 8.78. The van der Waals surface area contributed by atoms with Gasteiger partial charge < -0.3 is 25.3 Å². The predicted molar refractivity (Wildman–Crippen MR) is 180 cm³/mol. The first kappa shape index (κ1) is 27.4. The Morgan fingerprint density at radius 2 is 0.829 bits per heavy atom. The fourth-order valence-electron chi connectivity index (χ4n) is 4.92. The van der Waals surface area contributed by atoms with Gasteiger partial charge in [0.05, 0.1) is 0 Å². The molecule has 0 aliphatic rings. The number of para-hydroxylation sites is 2. The van der Waals surface area contributed by atoms with Crippen molar-refractivity contribution in [3.8, 4) is 21.1 Å². The van der Waals surface area contributed by atoms with E-state index in [4.69, 9.17) is 25.3 Å². The summed E-state index contributed by atoms with van der Waals surface area (Å²) in [6.07, 6.45) is 0. The van der Waals surface area contributed by atoms with Gasteiger partial charge in [0, 0.05) is 23.3 Å². The van der Waals surface area contributed by atoms with E-state index in [-0.39, 0.29) is 10.1 Å². The third-order valence-electron chi connectivity index (χ3n) is 6.94. The van der Waals surface area contributed by atoms with Gasteiger partial charge in [-0.2, -0.15) is 19.8 Å². The average Bonchev–Trinajstić information content (AvgIpc) is 3.63. The molecular weight excluding hydrogens is 574 g/mol. The molecule has 7 heteroatoms. The summed E-state index contributed by atoms with van der Waals surface area (Å²) in [5.41, 5.74) is 4.55. The third-order valence-corrected chi connectivity index (χ3v) is 10.0. The van der Waals surface area contributed by atoms with E-state index in [0.29, 0.717) is 0 Å². The largest absolute Gasteiger partial charge is 2.00 e. The van der Waals surface area contributed by atoms with Gasteiger partial charge in [-0.25, -0.2) is 0 Å². The summed E-state index contributed by atoms with van der Waals surface area (Å²) in [6, 6.07) is 41.7. The van der Waals surface area contributed by atoms with E-state index in [1.165, 1.54) is 20.2 Å². The van der Waals surface area contributed by atoms with Gasteiger partial charge in [-0.15, -0.1) is 0 Å².